The van der Waals surface area contributed by atoms with Crippen LogP contribution in [0.4, 0.5) is 26.7 Å². The zero-order valence-corrected chi connectivity index (χ0v) is 12.8. The number of likely N-dealkylation sites (tertiary alicyclic amines) is 1. The SMILES string of the molecule is CC(NC(=O)N1C[C@@H](C(F)(F)F)[C@H](C(=O)O)C1)c1c(F)cncc1F. The number of urea groups is 1. The fraction of sp³-hybridized carbons (Fsp3) is 0.500. The molecule has 1 saturated heterocycles. The molecule has 0 spiro atoms. The standard InChI is InChI=1S/C14H14F5N3O3/c1-6(11-9(15)2-20-3-10(11)16)21-13(25)22-4-7(12(23)24)8(5-22)14(17,18)19/h2-3,6-8H,4-5H2,1H3,(H,21,25)(H,23,24)/t6?,7-,8-/m1/s1. The number of aromatic nitrogens is 1. The number of carbonyl (C=O) groups is 2. The molecule has 0 radical (unpaired) electrons. The molecular weight excluding hydrogens is 353 g/mol. The molecule has 0 aromatic carbocycles. The first-order valence-corrected chi connectivity index (χ1v) is 7.16. The van der Waals surface area contributed by atoms with E-state index in [1.54, 1.807) is 0 Å². The minimum Gasteiger partial charge on any atom is -0.481 e. The lowest BCUT2D eigenvalue weighted by atomic mass is 9.96. The molecule has 2 amide bonds. The maximum atomic E-state index is 13.6. The van der Waals surface area contributed by atoms with Gasteiger partial charge in [0.25, 0.3) is 0 Å². The van der Waals surface area contributed by atoms with E-state index in [9.17, 15) is 31.5 Å². The summed E-state index contributed by atoms with van der Waals surface area (Å²) in [7, 11) is 0. The molecule has 3 atom stereocenters. The number of pyridine rings is 1. The normalized spacial score (nSPS) is 21.9. The lowest BCUT2D eigenvalue weighted by molar-refractivity contribution is -0.187. The van der Waals surface area contributed by atoms with E-state index in [0.29, 0.717) is 4.90 Å². The van der Waals surface area contributed by atoms with E-state index in [2.05, 4.69) is 10.3 Å². The minimum absolute atomic E-state index is 0.496. The molecular formula is C14H14F5N3O3. The van der Waals surface area contributed by atoms with Crippen LogP contribution in [0.5, 0.6) is 0 Å². The molecule has 2 heterocycles. The van der Waals surface area contributed by atoms with Crippen LogP contribution in [0.25, 0.3) is 0 Å². The van der Waals surface area contributed by atoms with Gasteiger partial charge >= 0.3 is 18.2 Å². The minimum atomic E-state index is -4.78. The van der Waals surface area contributed by atoms with E-state index >= 15 is 0 Å². The molecule has 1 aliphatic rings. The van der Waals surface area contributed by atoms with Gasteiger partial charge in [0, 0.05) is 18.7 Å². The first kappa shape index (κ1) is 18.9. The molecule has 1 unspecified atom stereocenters. The van der Waals surface area contributed by atoms with Crippen LogP contribution >= 0.6 is 0 Å². The average Bonchev–Trinajstić information content (AvgIpc) is 2.92. The van der Waals surface area contributed by atoms with Gasteiger partial charge < -0.3 is 15.3 Å². The summed E-state index contributed by atoms with van der Waals surface area (Å²) in [4.78, 5) is 27.0. The first-order chi connectivity index (χ1) is 11.5. The van der Waals surface area contributed by atoms with Gasteiger partial charge in [-0.15, -0.1) is 0 Å². The van der Waals surface area contributed by atoms with Crippen molar-refractivity contribution in [3.05, 3.63) is 29.6 Å². The van der Waals surface area contributed by atoms with E-state index in [1.165, 1.54) is 6.92 Å². The lowest BCUT2D eigenvalue weighted by Crippen LogP contribution is -2.41. The summed E-state index contributed by atoms with van der Waals surface area (Å²) in [5, 5.41) is 11.1. The van der Waals surface area contributed by atoms with Gasteiger partial charge in [0.15, 0.2) is 0 Å². The van der Waals surface area contributed by atoms with Crippen LogP contribution in [-0.4, -0.2) is 46.3 Å². The number of amides is 2. The predicted molar refractivity (Wildman–Crippen MR) is 73.3 cm³/mol. The molecule has 0 aliphatic carbocycles. The fourth-order valence-corrected chi connectivity index (χ4v) is 2.74. The average molecular weight is 367 g/mol. The number of carbonyl (C=O) groups excluding carboxylic acids is 1. The summed E-state index contributed by atoms with van der Waals surface area (Å²) in [6.07, 6.45) is -3.32. The van der Waals surface area contributed by atoms with E-state index in [1.807, 2.05) is 0 Å². The van der Waals surface area contributed by atoms with Crippen molar-refractivity contribution in [2.24, 2.45) is 11.8 Å². The van der Waals surface area contributed by atoms with Gasteiger partial charge in [-0.25, -0.2) is 13.6 Å². The molecule has 11 heteroatoms. The Morgan fingerprint density at radius 3 is 2.28 bits per heavy atom. The Kier molecular flexibility index (Phi) is 5.14. The van der Waals surface area contributed by atoms with Crippen molar-refractivity contribution in [2.45, 2.75) is 19.1 Å². The largest absolute Gasteiger partial charge is 0.481 e. The molecule has 1 fully saturated rings. The van der Waals surface area contributed by atoms with Crippen molar-refractivity contribution in [1.29, 1.82) is 0 Å². The fourth-order valence-electron chi connectivity index (χ4n) is 2.74. The van der Waals surface area contributed by atoms with Crippen LogP contribution in [0.3, 0.4) is 0 Å². The Balaban J connectivity index is 2.12. The summed E-state index contributed by atoms with van der Waals surface area (Å²) >= 11 is 0. The summed E-state index contributed by atoms with van der Waals surface area (Å²) in [5.74, 6) is -7.72. The van der Waals surface area contributed by atoms with Crippen molar-refractivity contribution in [1.82, 2.24) is 15.2 Å². The third-order valence-electron chi connectivity index (χ3n) is 4.01. The van der Waals surface area contributed by atoms with Crippen LogP contribution in [0.1, 0.15) is 18.5 Å². The summed E-state index contributed by atoms with van der Waals surface area (Å²) in [6, 6.07) is -2.23. The highest BCUT2D eigenvalue weighted by molar-refractivity contribution is 5.78. The predicted octanol–water partition coefficient (Wildman–Crippen LogP) is 2.33. The molecule has 1 aliphatic heterocycles. The molecule has 25 heavy (non-hydrogen) atoms. The zero-order chi connectivity index (χ0) is 18.9. The molecule has 0 bridgehead atoms. The highest BCUT2D eigenvalue weighted by Gasteiger charge is 2.53. The van der Waals surface area contributed by atoms with E-state index < -0.39 is 66.3 Å². The second kappa shape index (κ2) is 6.81. The van der Waals surface area contributed by atoms with Crippen molar-refractivity contribution in [3.8, 4) is 0 Å². The topological polar surface area (TPSA) is 82.5 Å². The lowest BCUT2D eigenvalue weighted by Gasteiger charge is -2.22. The molecule has 2 rings (SSSR count). The maximum absolute atomic E-state index is 13.6. The van der Waals surface area contributed by atoms with Gasteiger partial charge in [0.1, 0.15) is 11.6 Å². The first-order valence-electron chi connectivity index (χ1n) is 7.16. The van der Waals surface area contributed by atoms with Crippen LogP contribution in [-0.2, 0) is 4.79 Å². The van der Waals surface area contributed by atoms with Gasteiger partial charge in [-0.2, -0.15) is 13.2 Å². The van der Waals surface area contributed by atoms with Crippen LogP contribution in [0.2, 0.25) is 0 Å². The number of rotatable bonds is 3. The second-order valence-corrected chi connectivity index (χ2v) is 5.69. The summed E-state index contributed by atoms with van der Waals surface area (Å²) < 4.78 is 66.0. The van der Waals surface area contributed by atoms with Crippen molar-refractivity contribution in [3.63, 3.8) is 0 Å². The third-order valence-corrected chi connectivity index (χ3v) is 4.01. The smallest absolute Gasteiger partial charge is 0.394 e. The molecule has 138 valence electrons. The quantitative estimate of drug-likeness (QED) is 0.804. The Hall–Kier alpha value is -2.46. The van der Waals surface area contributed by atoms with Crippen molar-refractivity contribution < 1.29 is 36.6 Å². The number of nitrogens with one attached hydrogen (secondary N) is 1. The summed E-state index contributed by atoms with van der Waals surface area (Å²) in [5.41, 5.74) is -0.496. The molecule has 1 aromatic heterocycles. The van der Waals surface area contributed by atoms with Crippen molar-refractivity contribution in [2.75, 3.05) is 13.1 Å². The number of hydrogen-bond donors (Lipinski definition) is 2. The van der Waals surface area contributed by atoms with Crippen LogP contribution in [0, 0.1) is 23.5 Å². The number of aliphatic carboxylic acids is 1. The number of nitrogens with zero attached hydrogens (tertiary/aromatic N) is 2. The third kappa shape index (κ3) is 3.97. The maximum Gasteiger partial charge on any atom is 0.394 e. The highest BCUT2D eigenvalue weighted by atomic mass is 19.4. The number of halogens is 5. The van der Waals surface area contributed by atoms with Crippen LogP contribution < -0.4 is 5.32 Å². The van der Waals surface area contributed by atoms with Gasteiger partial charge in [0.2, 0.25) is 0 Å². The number of alkyl halides is 3. The van der Waals surface area contributed by atoms with E-state index in [-0.39, 0.29) is 0 Å². The van der Waals surface area contributed by atoms with E-state index in [0.717, 1.165) is 12.4 Å². The van der Waals surface area contributed by atoms with Crippen LogP contribution in [0.15, 0.2) is 12.4 Å². The monoisotopic (exact) mass is 367 g/mol. The Morgan fingerprint density at radius 2 is 1.84 bits per heavy atom. The van der Waals surface area contributed by atoms with Crippen molar-refractivity contribution >= 4 is 12.0 Å². The Labute approximate surface area is 138 Å². The zero-order valence-electron chi connectivity index (χ0n) is 12.8. The van der Waals surface area contributed by atoms with Gasteiger partial charge in [0.05, 0.1) is 30.3 Å². The second-order valence-electron chi connectivity index (χ2n) is 5.69. The Morgan fingerprint density at radius 1 is 1.28 bits per heavy atom. The number of carboxylic acid groups (broad SMARTS) is 1. The molecule has 0 saturated carbocycles. The molecule has 2 N–H and O–H groups in total. The summed E-state index contributed by atoms with van der Waals surface area (Å²) in [6.45, 7) is -0.259. The number of carboxylic acids is 1. The van der Waals surface area contributed by atoms with Gasteiger partial charge in [-0.3, -0.25) is 9.78 Å². The van der Waals surface area contributed by atoms with E-state index in [4.69, 9.17) is 5.11 Å². The van der Waals surface area contributed by atoms with Gasteiger partial charge in [-0.05, 0) is 6.92 Å². The van der Waals surface area contributed by atoms with Gasteiger partial charge in [-0.1, -0.05) is 0 Å². The number of hydrogen-bond acceptors (Lipinski definition) is 3. The molecule has 1 aromatic rings. The highest BCUT2D eigenvalue weighted by Crippen LogP contribution is 2.37. The Bertz CT molecular complexity index is 662. The molecule has 6 nitrogen and oxygen atoms in total.